The Bertz CT molecular complexity index is 730. The summed E-state index contributed by atoms with van der Waals surface area (Å²) in [5.41, 5.74) is 1.47. The molecule has 2 heterocycles. The average Bonchev–Trinajstić information content (AvgIpc) is 2.78. The largest absolute Gasteiger partial charge is 0.354 e. The number of aromatic nitrogens is 4. The zero-order valence-corrected chi connectivity index (χ0v) is 13.3. The van der Waals surface area contributed by atoms with Crippen LogP contribution in [0.3, 0.4) is 0 Å². The van der Waals surface area contributed by atoms with E-state index in [4.69, 9.17) is 0 Å². The molecule has 0 radical (unpaired) electrons. The number of hydrogen-bond acceptors (Lipinski definition) is 4. The van der Waals surface area contributed by atoms with Crippen molar-refractivity contribution in [2.45, 2.75) is 34.2 Å². The molecule has 2 aromatic rings. The van der Waals surface area contributed by atoms with Gasteiger partial charge in [-0.15, -0.1) is 5.10 Å². The lowest BCUT2D eigenvalue weighted by molar-refractivity contribution is -0.122. The molecule has 0 unspecified atom stereocenters. The summed E-state index contributed by atoms with van der Waals surface area (Å²) in [6.45, 7) is 8.29. The van der Waals surface area contributed by atoms with E-state index in [1.54, 1.807) is 10.7 Å². The van der Waals surface area contributed by atoms with Crippen LogP contribution >= 0.6 is 0 Å². The van der Waals surface area contributed by atoms with E-state index in [2.05, 4.69) is 15.5 Å². The third kappa shape index (κ3) is 3.81. The van der Waals surface area contributed by atoms with Crippen molar-refractivity contribution in [2.75, 3.05) is 6.54 Å². The highest BCUT2D eigenvalue weighted by Crippen LogP contribution is 2.07. The molecule has 0 aliphatic heterocycles. The number of carbonyl (C=O) groups excluding carboxylic acids is 1. The summed E-state index contributed by atoms with van der Waals surface area (Å²) in [4.78, 5) is 23.7. The first kappa shape index (κ1) is 15.9. The Labute approximate surface area is 129 Å². The predicted octanol–water partition coefficient (Wildman–Crippen LogP) is 0.818. The fourth-order valence-corrected chi connectivity index (χ4v) is 2.04. The highest BCUT2D eigenvalue weighted by Gasteiger charge is 2.10. The van der Waals surface area contributed by atoms with E-state index in [9.17, 15) is 9.59 Å². The highest BCUT2D eigenvalue weighted by atomic mass is 16.2. The molecular weight excluding hydrogens is 282 g/mol. The maximum absolute atomic E-state index is 11.9. The topological polar surface area (TPSA) is 81.8 Å². The molecule has 0 atom stereocenters. The van der Waals surface area contributed by atoms with Crippen molar-refractivity contribution in [3.8, 4) is 5.82 Å². The van der Waals surface area contributed by atoms with Crippen molar-refractivity contribution in [1.29, 1.82) is 0 Å². The van der Waals surface area contributed by atoms with E-state index in [0.717, 1.165) is 16.1 Å². The van der Waals surface area contributed by atoms with Gasteiger partial charge in [0, 0.05) is 18.3 Å². The van der Waals surface area contributed by atoms with Crippen molar-refractivity contribution in [1.82, 2.24) is 24.9 Å². The summed E-state index contributed by atoms with van der Waals surface area (Å²) in [5, 5.41) is 11.3. The lowest BCUT2D eigenvalue weighted by Crippen LogP contribution is -2.35. The van der Waals surface area contributed by atoms with Gasteiger partial charge in [0.2, 0.25) is 5.91 Å². The quantitative estimate of drug-likeness (QED) is 0.886. The van der Waals surface area contributed by atoms with Crippen LogP contribution in [-0.2, 0) is 11.3 Å². The number of rotatable bonds is 5. The van der Waals surface area contributed by atoms with Gasteiger partial charge in [-0.2, -0.15) is 5.10 Å². The number of hydrogen-bond donors (Lipinski definition) is 1. The van der Waals surface area contributed by atoms with Gasteiger partial charge >= 0.3 is 0 Å². The number of carbonyl (C=O) groups is 1. The minimum absolute atomic E-state index is 0.0985. The smallest absolute Gasteiger partial charge is 0.267 e. The molecule has 0 aromatic carbocycles. The van der Waals surface area contributed by atoms with E-state index >= 15 is 0 Å². The molecule has 0 aliphatic rings. The summed E-state index contributed by atoms with van der Waals surface area (Å²) >= 11 is 0. The molecule has 7 nitrogen and oxygen atoms in total. The maximum atomic E-state index is 11.9. The van der Waals surface area contributed by atoms with Crippen LogP contribution in [0, 0.1) is 19.8 Å². The summed E-state index contributed by atoms with van der Waals surface area (Å²) in [7, 11) is 0. The Morgan fingerprint density at radius 2 is 2.00 bits per heavy atom. The Morgan fingerprint density at radius 1 is 1.27 bits per heavy atom. The van der Waals surface area contributed by atoms with Crippen molar-refractivity contribution >= 4 is 5.91 Å². The molecule has 2 rings (SSSR count). The first-order chi connectivity index (χ1) is 10.4. The van der Waals surface area contributed by atoms with Crippen LogP contribution in [0.4, 0.5) is 0 Å². The molecular formula is C15H21N5O2. The van der Waals surface area contributed by atoms with E-state index in [1.165, 1.54) is 6.07 Å². The molecule has 0 spiro atoms. The molecule has 0 fully saturated rings. The van der Waals surface area contributed by atoms with E-state index in [1.807, 2.05) is 33.8 Å². The molecule has 0 saturated carbocycles. The lowest BCUT2D eigenvalue weighted by Gasteiger charge is -2.10. The van der Waals surface area contributed by atoms with Gasteiger partial charge in [-0.3, -0.25) is 9.59 Å². The molecule has 22 heavy (non-hydrogen) atoms. The standard InChI is InChI=1S/C15H21N5O2/c1-10(2)8-16-14(21)9-19-15(22)6-5-13(18-19)20-12(4)7-11(3)17-20/h5-7,10H,8-9H2,1-4H3,(H,16,21). The minimum Gasteiger partial charge on any atom is -0.354 e. The SMILES string of the molecule is Cc1cc(C)n(-c2ccc(=O)n(CC(=O)NCC(C)C)n2)n1. The molecule has 118 valence electrons. The van der Waals surface area contributed by atoms with Crippen molar-refractivity contribution in [3.05, 3.63) is 39.9 Å². The van der Waals surface area contributed by atoms with Gasteiger partial charge < -0.3 is 5.32 Å². The summed E-state index contributed by atoms with van der Waals surface area (Å²) in [6, 6.07) is 4.92. The zero-order chi connectivity index (χ0) is 16.3. The molecule has 1 N–H and O–H groups in total. The third-order valence-electron chi connectivity index (χ3n) is 3.08. The van der Waals surface area contributed by atoms with Crippen molar-refractivity contribution < 1.29 is 4.79 Å². The molecule has 2 aromatic heterocycles. The average molecular weight is 303 g/mol. The second-order valence-electron chi connectivity index (χ2n) is 5.72. The summed E-state index contributed by atoms with van der Waals surface area (Å²) in [6.07, 6.45) is 0. The summed E-state index contributed by atoms with van der Waals surface area (Å²) in [5.74, 6) is 0.644. The van der Waals surface area contributed by atoms with Crippen LogP contribution in [-0.4, -0.2) is 32.0 Å². The van der Waals surface area contributed by atoms with Crippen molar-refractivity contribution in [2.24, 2.45) is 5.92 Å². The van der Waals surface area contributed by atoms with Gasteiger partial charge in [-0.1, -0.05) is 13.8 Å². The van der Waals surface area contributed by atoms with Crippen LogP contribution in [0.15, 0.2) is 23.0 Å². The number of nitrogens with one attached hydrogen (secondary N) is 1. The van der Waals surface area contributed by atoms with E-state index < -0.39 is 0 Å². The first-order valence-corrected chi connectivity index (χ1v) is 7.25. The lowest BCUT2D eigenvalue weighted by atomic mass is 10.2. The van der Waals surface area contributed by atoms with Gasteiger partial charge in [0.15, 0.2) is 5.82 Å². The fourth-order valence-electron chi connectivity index (χ4n) is 2.04. The Kier molecular flexibility index (Phi) is 4.75. The minimum atomic E-state index is -0.315. The highest BCUT2D eigenvalue weighted by molar-refractivity contribution is 5.75. The van der Waals surface area contributed by atoms with Gasteiger partial charge in [-0.05, 0) is 31.9 Å². The molecule has 0 saturated heterocycles. The Morgan fingerprint density at radius 3 is 2.59 bits per heavy atom. The van der Waals surface area contributed by atoms with Crippen molar-refractivity contribution in [3.63, 3.8) is 0 Å². The monoisotopic (exact) mass is 303 g/mol. The second-order valence-corrected chi connectivity index (χ2v) is 5.72. The van der Waals surface area contributed by atoms with Gasteiger partial charge in [-0.25, -0.2) is 9.36 Å². The fraction of sp³-hybridized carbons (Fsp3) is 0.467. The number of aryl methyl sites for hydroxylation is 2. The predicted molar refractivity (Wildman–Crippen MR) is 82.9 cm³/mol. The van der Waals surface area contributed by atoms with Crippen LogP contribution in [0.1, 0.15) is 25.2 Å². The normalized spacial score (nSPS) is 11.0. The number of nitrogens with zero attached hydrogens (tertiary/aromatic N) is 4. The van der Waals surface area contributed by atoms with Gasteiger partial charge in [0.05, 0.1) is 5.69 Å². The van der Waals surface area contributed by atoms with Gasteiger partial charge in [0.1, 0.15) is 6.54 Å². The Balaban J connectivity index is 2.22. The van der Waals surface area contributed by atoms with Crippen LogP contribution in [0.25, 0.3) is 5.82 Å². The van der Waals surface area contributed by atoms with Crippen LogP contribution in [0.5, 0.6) is 0 Å². The molecule has 0 aliphatic carbocycles. The van der Waals surface area contributed by atoms with E-state index in [-0.39, 0.29) is 18.0 Å². The molecule has 1 amide bonds. The maximum Gasteiger partial charge on any atom is 0.267 e. The third-order valence-corrected chi connectivity index (χ3v) is 3.08. The number of amides is 1. The molecule has 7 heteroatoms. The Hall–Kier alpha value is -2.44. The van der Waals surface area contributed by atoms with Crippen LogP contribution in [0.2, 0.25) is 0 Å². The van der Waals surface area contributed by atoms with E-state index in [0.29, 0.717) is 18.3 Å². The molecule has 0 bridgehead atoms. The summed E-state index contributed by atoms with van der Waals surface area (Å²) < 4.78 is 2.80. The zero-order valence-electron chi connectivity index (χ0n) is 13.3. The second kappa shape index (κ2) is 6.55. The first-order valence-electron chi connectivity index (χ1n) is 7.25. The van der Waals surface area contributed by atoms with Gasteiger partial charge in [0.25, 0.3) is 5.56 Å². The van der Waals surface area contributed by atoms with Crippen LogP contribution < -0.4 is 10.9 Å².